The highest BCUT2D eigenvalue weighted by Gasteiger charge is 2.37. The standard InChI is InChI=1S/C86H76N4O4/c1-9-53-57(13-5)79-69(47-31-19-17-20-32-47)80-58(14-6)54(10-2)76(88-80)66-45-51-37-25-29-41-63(51)73(85(66)93)74-64-42-30-26-38-52(64)46-68(86(74)94)78-56(12-4)60(16-8)82(90-78)70(48-33-21-18-22-34-48)81-59(15-7)55(11-3)77(89-81)67-44-50-36-24-28-40-62(50)72(84(67)92)71-61-39-27-23-35-49(61)43-65(83(71)91)75(53)87-79/h17-46,87,90-94H,9-16H2,1-8H3. The molecular formula is C86H76N4O4. The molecule has 3 aliphatic rings. The maximum Gasteiger partial charge on any atom is 0.133 e. The molecule has 3 aliphatic heterocycles. The Morgan fingerprint density at radius 1 is 0.287 bits per heavy atom. The quantitative estimate of drug-likeness (QED) is 0.0812. The zero-order valence-electron chi connectivity index (χ0n) is 54.7. The number of allylic oxidation sites excluding steroid dienone is 4. The molecule has 8 nitrogen and oxygen atoms in total. The molecule has 0 fully saturated rings. The SMILES string of the molecule is CCC1=C(CC)C2=C(c3ccccc3)c3[nH]c(c(CC)c3CC)-c3cc4ccccc4c(c3O)-c3c(O)c(cc4ccccc34)C3=NC(=C(c4ccccc4)c4[nH]c(c(CC)c4CC)-c4cc5ccccc5c(c4O)-c4c(O)c(cc5ccccc45)C1=N2)C(CC)=C3CC. The van der Waals surface area contributed by atoms with E-state index in [0.29, 0.717) is 107 Å². The number of nitrogens with zero attached hydrogens (tertiary/aromatic N) is 2. The maximum absolute atomic E-state index is 13.7. The van der Waals surface area contributed by atoms with Gasteiger partial charge in [0.1, 0.15) is 23.0 Å². The molecule has 0 unspecified atom stereocenters. The second-order valence-corrected chi connectivity index (χ2v) is 25.0. The summed E-state index contributed by atoms with van der Waals surface area (Å²) < 4.78 is 0. The van der Waals surface area contributed by atoms with Gasteiger partial charge in [-0.15, -0.1) is 0 Å². The zero-order chi connectivity index (χ0) is 64.8. The van der Waals surface area contributed by atoms with Crippen LogP contribution in [0.5, 0.6) is 23.0 Å². The van der Waals surface area contributed by atoms with E-state index in [9.17, 15) is 20.4 Å². The van der Waals surface area contributed by atoms with Gasteiger partial charge in [0.25, 0.3) is 0 Å². The number of phenols is 4. The number of aromatic hydroxyl groups is 4. The van der Waals surface area contributed by atoms with E-state index >= 15 is 0 Å². The third-order valence-corrected chi connectivity index (χ3v) is 20.3. The van der Waals surface area contributed by atoms with E-state index in [1.54, 1.807) is 0 Å². The van der Waals surface area contributed by atoms with Gasteiger partial charge in [-0.25, -0.2) is 9.98 Å². The van der Waals surface area contributed by atoms with Crippen molar-refractivity contribution in [3.63, 3.8) is 0 Å². The summed E-state index contributed by atoms with van der Waals surface area (Å²) in [4.78, 5) is 19.8. The predicted molar refractivity (Wildman–Crippen MR) is 391 cm³/mol. The van der Waals surface area contributed by atoms with Gasteiger partial charge in [-0.1, -0.05) is 213 Å². The second-order valence-electron chi connectivity index (χ2n) is 25.0. The molecule has 0 radical (unpaired) electrons. The largest absolute Gasteiger partial charge is 0.507 e. The summed E-state index contributed by atoms with van der Waals surface area (Å²) in [5, 5.41) is 61.8. The Labute approximate surface area is 549 Å². The molecule has 94 heavy (non-hydrogen) atoms. The monoisotopic (exact) mass is 1230 g/mol. The lowest BCUT2D eigenvalue weighted by molar-refractivity contribution is 0.470. The molecule has 464 valence electrons. The lowest BCUT2D eigenvalue weighted by atomic mass is 9.85. The molecule has 0 amide bonds. The van der Waals surface area contributed by atoms with E-state index in [1.165, 1.54) is 0 Å². The Morgan fingerprint density at radius 2 is 0.553 bits per heavy atom. The minimum atomic E-state index is 0.0325. The van der Waals surface area contributed by atoms with Crippen LogP contribution in [0.1, 0.15) is 137 Å². The van der Waals surface area contributed by atoms with Gasteiger partial charge >= 0.3 is 0 Å². The highest BCUT2D eigenvalue weighted by Crippen LogP contribution is 2.56. The van der Waals surface area contributed by atoms with Crippen LogP contribution in [0.25, 0.3) is 99.0 Å². The van der Waals surface area contributed by atoms with Crippen molar-refractivity contribution in [2.45, 2.75) is 107 Å². The van der Waals surface area contributed by atoms with Crippen molar-refractivity contribution >= 4 is 65.7 Å². The van der Waals surface area contributed by atoms with E-state index in [-0.39, 0.29) is 23.0 Å². The minimum absolute atomic E-state index is 0.0325. The molecule has 15 rings (SSSR count). The molecule has 0 atom stereocenters. The number of fused-ring (bicyclic) bond motifs is 28. The molecule has 5 heterocycles. The first-order chi connectivity index (χ1) is 46.0. The number of aliphatic imine (C=N–C) groups is 2. The first-order valence-corrected chi connectivity index (χ1v) is 33.7. The molecule has 6 N–H and O–H groups in total. The molecule has 0 aliphatic carbocycles. The van der Waals surface area contributed by atoms with Gasteiger partial charge in [0.05, 0.1) is 45.6 Å². The average molecular weight is 1230 g/mol. The van der Waals surface area contributed by atoms with Crippen LogP contribution < -0.4 is 0 Å². The number of rotatable bonds is 10. The molecule has 16 bridgehead atoms. The number of benzene rings is 10. The Kier molecular flexibility index (Phi) is 15.1. The van der Waals surface area contributed by atoms with Crippen molar-refractivity contribution in [3.8, 4) is 67.8 Å². The van der Waals surface area contributed by atoms with E-state index < -0.39 is 0 Å². The van der Waals surface area contributed by atoms with Gasteiger partial charge < -0.3 is 30.4 Å². The summed E-state index contributed by atoms with van der Waals surface area (Å²) in [6.07, 6.45) is 5.19. The number of aromatic amines is 2. The highest BCUT2D eigenvalue weighted by molar-refractivity contribution is 6.25. The number of nitrogens with one attached hydrogen (secondary N) is 2. The Hall–Kier alpha value is -10.7. The van der Waals surface area contributed by atoms with Crippen LogP contribution in [-0.2, 0) is 25.7 Å². The van der Waals surface area contributed by atoms with Crippen molar-refractivity contribution < 1.29 is 20.4 Å². The van der Waals surface area contributed by atoms with E-state index in [4.69, 9.17) is 9.98 Å². The summed E-state index contributed by atoms with van der Waals surface area (Å²) in [5.74, 6) is 0.165. The van der Waals surface area contributed by atoms with E-state index in [1.807, 2.05) is 84.9 Å². The van der Waals surface area contributed by atoms with Gasteiger partial charge in [0.15, 0.2) is 0 Å². The zero-order valence-corrected chi connectivity index (χ0v) is 54.7. The summed E-state index contributed by atoms with van der Waals surface area (Å²) in [7, 11) is 0. The molecular weight excluding hydrogens is 1150 g/mol. The Bertz CT molecular complexity index is 5040. The molecule has 0 saturated carbocycles. The molecule has 2 aromatic heterocycles. The molecule has 8 heteroatoms. The van der Waals surface area contributed by atoms with Crippen LogP contribution in [0.3, 0.4) is 0 Å². The number of H-pyrrole nitrogens is 2. The topological polar surface area (TPSA) is 137 Å². The van der Waals surface area contributed by atoms with Crippen molar-refractivity contribution in [1.82, 2.24) is 9.97 Å². The van der Waals surface area contributed by atoms with E-state index in [2.05, 4.69) is 162 Å². The minimum Gasteiger partial charge on any atom is -0.507 e. The Morgan fingerprint density at radius 3 is 0.851 bits per heavy atom. The average Bonchev–Trinajstić information content (AvgIpc) is 1.32. The van der Waals surface area contributed by atoms with Crippen molar-refractivity contribution in [3.05, 3.63) is 272 Å². The third-order valence-electron chi connectivity index (χ3n) is 20.3. The van der Waals surface area contributed by atoms with Crippen LogP contribution in [0.4, 0.5) is 0 Å². The summed E-state index contributed by atoms with van der Waals surface area (Å²) in [5.41, 5.74) is 23.2. The molecule has 12 aromatic rings. The van der Waals surface area contributed by atoms with Crippen molar-refractivity contribution in [2.75, 3.05) is 0 Å². The Balaban J connectivity index is 1.15. The number of hydrogen-bond acceptors (Lipinski definition) is 6. The maximum atomic E-state index is 13.7. The van der Waals surface area contributed by atoms with Gasteiger partial charge in [-0.3, -0.25) is 0 Å². The van der Waals surface area contributed by atoms with Gasteiger partial charge in [-0.05, 0) is 174 Å². The van der Waals surface area contributed by atoms with Gasteiger partial charge in [0.2, 0.25) is 0 Å². The lowest BCUT2D eigenvalue weighted by Gasteiger charge is -2.20. The van der Waals surface area contributed by atoms with Crippen LogP contribution >= 0.6 is 0 Å². The van der Waals surface area contributed by atoms with Gasteiger partial charge in [0, 0.05) is 55.7 Å². The van der Waals surface area contributed by atoms with Crippen LogP contribution in [0.2, 0.25) is 0 Å². The molecule has 0 saturated heterocycles. The van der Waals surface area contributed by atoms with Crippen molar-refractivity contribution in [2.24, 2.45) is 9.98 Å². The lowest BCUT2D eigenvalue weighted by Crippen LogP contribution is -2.04. The third kappa shape index (κ3) is 9.00. The highest BCUT2D eigenvalue weighted by atomic mass is 16.3. The smallest absolute Gasteiger partial charge is 0.133 e. The number of hydrogen-bond donors (Lipinski definition) is 6. The van der Waals surface area contributed by atoms with E-state index in [0.717, 1.165) is 144 Å². The molecule has 10 aromatic carbocycles. The summed E-state index contributed by atoms with van der Waals surface area (Å²) >= 11 is 0. The van der Waals surface area contributed by atoms with Crippen LogP contribution in [-0.4, -0.2) is 41.8 Å². The first-order valence-electron chi connectivity index (χ1n) is 33.7. The predicted octanol–water partition coefficient (Wildman–Crippen LogP) is 21.8. The number of phenolic OH excluding ortho intramolecular Hbond substituents is 4. The van der Waals surface area contributed by atoms with Crippen LogP contribution in [0.15, 0.2) is 226 Å². The number of aromatic nitrogens is 2. The first kappa shape index (κ1) is 59.6. The fourth-order valence-corrected chi connectivity index (χ4v) is 16.2. The second kappa shape index (κ2) is 23.8. The normalized spacial score (nSPS) is 14.0. The van der Waals surface area contributed by atoms with Crippen molar-refractivity contribution in [1.29, 1.82) is 0 Å². The van der Waals surface area contributed by atoms with Crippen LogP contribution in [0, 0.1) is 0 Å². The summed E-state index contributed by atoms with van der Waals surface area (Å²) in [6, 6.07) is 62.0. The fourth-order valence-electron chi connectivity index (χ4n) is 16.2. The molecule has 0 spiro atoms. The van der Waals surface area contributed by atoms with Gasteiger partial charge in [-0.2, -0.15) is 0 Å². The summed E-state index contributed by atoms with van der Waals surface area (Å²) in [6.45, 7) is 17.5. The fraction of sp³-hybridized carbons (Fsp3) is 0.186.